The summed E-state index contributed by atoms with van der Waals surface area (Å²) in [4.78, 5) is 13.1. The number of aromatic carboxylic acids is 1. The molecule has 16 heavy (non-hydrogen) atoms. The van der Waals surface area contributed by atoms with E-state index in [-0.39, 0.29) is 0 Å². The molecule has 1 N–H and O–H groups in total. The standard InChI is InChI=1S/C13H19NO2/c1-4-7-10(2)14(3)12-9-6-5-8-11(12)13(15)16/h5-6,8-10H,4,7H2,1-3H3,(H,15,16). The third-order valence-electron chi connectivity index (χ3n) is 2.88. The molecule has 0 aliphatic carbocycles. The van der Waals surface area contributed by atoms with Crippen LogP contribution in [0.4, 0.5) is 5.69 Å². The molecule has 0 aliphatic rings. The van der Waals surface area contributed by atoms with Crippen LogP contribution >= 0.6 is 0 Å². The summed E-state index contributed by atoms with van der Waals surface area (Å²) in [6.07, 6.45) is 2.16. The quantitative estimate of drug-likeness (QED) is 0.830. The molecule has 1 atom stereocenters. The predicted molar refractivity (Wildman–Crippen MR) is 66.2 cm³/mol. The summed E-state index contributed by atoms with van der Waals surface area (Å²) in [7, 11) is 1.95. The molecular weight excluding hydrogens is 202 g/mol. The fourth-order valence-corrected chi connectivity index (χ4v) is 1.81. The van der Waals surface area contributed by atoms with Gasteiger partial charge in [-0.15, -0.1) is 0 Å². The number of rotatable bonds is 5. The number of benzene rings is 1. The summed E-state index contributed by atoms with van der Waals surface area (Å²) in [6, 6.07) is 7.48. The largest absolute Gasteiger partial charge is 0.478 e. The highest BCUT2D eigenvalue weighted by Gasteiger charge is 2.15. The fourth-order valence-electron chi connectivity index (χ4n) is 1.81. The maximum Gasteiger partial charge on any atom is 0.337 e. The van der Waals surface area contributed by atoms with Crippen LogP contribution in [-0.4, -0.2) is 24.2 Å². The van der Waals surface area contributed by atoms with Gasteiger partial charge in [-0.3, -0.25) is 0 Å². The Labute approximate surface area is 96.7 Å². The van der Waals surface area contributed by atoms with E-state index in [0.29, 0.717) is 11.6 Å². The average molecular weight is 221 g/mol. The van der Waals surface area contributed by atoms with E-state index in [4.69, 9.17) is 5.11 Å². The van der Waals surface area contributed by atoms with Crippen LogP contribution in [0, 0.1) is 0 Å². The molecule has 1 aromatic rings. The van der Waals surface area contributed by atoms with Crippen LogP contribution in [0.2, 0.25) is 0 Å². The van der Waals surface area contributed by atoms with Crippen molar-refractivity contribution in [1.29, 1.82) is 0 Å². The normalized spacial score (nSPS) is 12.2. The van der Waals surface area contributed by atoms with Crippen molar-refractivity contribution in [3.05, 3.63) is 29.8 Å². The smallest absolute Gasteiger partial charge is 0.337 e. The van der Waals surface area contributed by atoms with Crippen molar-refractivity contribution in [3.63, 3.8) is 0 Å². The molecule has 0 aromatic heterocycles. The number of carboxylic acids is 1. The summed E-state index contributed by atoms with van der Waals surface area (Å²) < 4.78 is 0. The number of hydrogen-bond donors (Lipinski definition) is 1. The summed E-state index contributed by atoms with van der Waals surface area (Å²) in [6.45, 7) is 4.25. The number of carbonyl (C=O) groups is 1. The SMILES string of the molecule is CCCC(C)N(C)c1ccccc1C(=O)O. The zero-order valence-electron chi connectivity index (χ0n) is 10.1. The molecule has 0 spiro atoms. The van der Waals surface area contributed by atoms with Crippen molar-refractivity contribution < 1.29 is 9.90 Å². The molecule has 0 heterocycles. The summed E-state index contributed by atoms with van der Waals surface area (Å²) in [5, 5.41) is 9.10. The van der Waals surface area contributed by atoms with Gasteiger partial charge in [-0.25, -0.2) is 4.79 Å². The van der Waals surface area contributed by atoms with E-state index in [2.05, 4.69) is 13.8 Å². The second kappa shape index (κ2) is 5.54. The Hall–Kier alpha value is -1.51. The minimum absolute atomic E-state index is 0.352. The van der Waals surface area contributed by atoms with Gasteiger partial charge in [0, 0.05) is 13.1 Å². The van der Waals surface area contributed by atoms with E-state index >= 15 is 0 Å². The number of carboxylic acid groups (broad SMARTS) is 1. The Bertz CT molecular complexity index is 363. The van der Waals surface area contributed by atoms with Gasteiger partial charge in [-0.05, 0) is 25.5 Å². The van der Waals surface area contributed by atoms with E-state index in [1.807, 2.05) is 24.1 Å². The molecule has 0 amide bonds. The van der Waals surface area contributed by atoms with Crippen LogP contribution in [0.15, 0.2) is 24.3 Å². The molecule has 0 aliphatic heterocycles. The number of nitrogens with zero attached hydrogens (tertiary/aromatic N) is 1. The van der Waals surface area contributed by atoms with E-state index in [1.165, 1.54) is 0 Å². The minimum atomic E-state index is -0.869. The summed E-state index contributed by atoms with van der Waals surface area (Å²) in [5.41, 5.74) is 1.16. The third-order valence-corrected chi connectivity index (χ3v) is 2.88. The molecule has 0 bridgehead atoms. The van der Waals surface area contributed by atoms with Gasteiger partial charge >= 0.3 is 5.97 Å². The van der Waals surface area contributed by atoms with Crippen LogP contribution in [0.3, 0.4) is 0 Å². The van der Waals surface area contributed by atoms with Crippen LogP contribution in [0.1, 0.15) is 37.0 Å². The Balaban J connectivity index is 2.98. The van der Waals surface area contributed by atoms with Gasteiger partial charge < -0.3 is 10.0 Å². The first kappa shape index (κ1) is 12.6. The van der Waals surface area contributed by atoms with E-state index < -0.39 is 5.97 Å². The van der Waals surface area contributed by atoms with Crippen LogP contribution < -0.4 is 4.90 Å². The van der Waals surface area contributed by atoms with Gasteiger partial charge in [-0.2, -0.15) is 0 Å². The van der Waals surface area contributed by atoms with Gasteiger partial charge in [0.1, 0.15) is 0 Å². The highest BCUT2D eigenvalue weighted by Crippen LogP contribution is 2.22. The lowest BCUT2D eigenvalue weighted by Crippen LogP contribution is -2.29. The lowest BCUT2D eigenvalue weighted by Gasteiger charge is -2.28. The Morgan fingerprint density at radius 2 is 2.06 bits per heavy atom. The Morgan fingerprint density at radius 1 is 1.44 bits per heavy atom. The summed E-state index contributed by atoms with van der Waals surface area (Å²) in [5.74, 6) is -0.869. The van der Waals surface area contributed by atoms with E-state index in [0.717, 1.165) is 18.5 Å². The average Bonchev–Trinajstić information content (AvgIpc) is 2.28. The molecule has 88 valence electrons. The van der Waals surface area contributed by atoms with Gasteiger partial charge in [0.25, 0.3) is 0 Å². The van der Waals surface area contributed by atoms with Gasteiger partial charge in [0.05, 0.1) is 11.3 Å². The lowest BCUT2D eigenvalue weighted by molar-refractivity contribution is 0.0697. The molecule has 3 nitrogen and oxygen atoms in total. The fraction of sp³-hybridized carbons (Fsp3) is 0.462. The highest BCUT2D eigenvalue weighted by atomic mass is 16.4. The monoisotopic (exact) mass is 221 g/mol. The Kier molecular flexibility index (Phi) is 4.35. The van der Waals surface area contributed by atoms with Crippen molar-refractivity contribution in [2.75, 3.05) is 11.9 Å². The van der Waals surface area contributed by atoms with Crippen LogP contribution in [-0.2, 0) is 0 Å². The number of anilines is 1. The van der Waals surface area contributed by atoms with Crippen LogP contribution in [0.5, 0.6) is 0 Å². The topological polar surface area (TPSA) is 40.5 Å². The van der Waals surface area contributed by atoms with E-state index in [9.17, 15) is 4.79 Å². The number of hydrogen-bond acceptors (Lipinski definition) is 2. The van der Waals surface area contributed by atoms with Crippen molar-refractivity contribution in [2.24, 2.45) is 0 Å². The van der Waals surface area contributed by atoms with Crippen molar-refractivity contribution in [3.8, 4) is 0 Å². The maximum absolute atomic E-state index is 11.1. The zero-order chi connectivity index (χ0) is 12.1. The third kappa shape index (κ3) is 2.75. The second-order valence-electron chi connectivity index (χ2n) is 4.07. The first-order chi connectivity index (χ1) is 7.57. The molecule has 1 unspecified atom stereocenters. The van der Waals surface area contributed by atoms with Gasteiger partial charge in [-0.1, -0.05) is 25.5 Å². The maximum atomic E-state index is 11.1. The Morgan fingerprint density at radius 3 is 2.62 bits per heavy atom. The molecule has 1 aromatic carbocycles. The molecule has 0 saturated carbocycles. The van der Waals surface area contributed by atoms with Crippen molar-refractivity contribution >= 4 is 11.7 Å². The summed E-state index contributed by atoms with van der Waals surface area (Å²) >= 11 is 0. The van der Waals surface area contributed by atoms with Gasteiger partial charge in [0.2, 0.25) is 0 Å². The molecule has 3 heteroatoms. The molecule has 0 radical (unpaired) electrons. The van der Waals surface area contributed by atoms with Gasteiger partial charge in [0.15, 0.2) is 0 Å². The first-order valence-electron chi connectivity index (χ1n) is 5.63. The molecule has 0 fully saturated rings. The zero-order valence-corrected chi connectivity index (χ0v) is 10.1. The highest BCUT2D eigenvalue weighted by molar-refractivity contribution is 5.94. The second-order valence-corrected chi connectivity index (χ2v) is 4.07. The van der Waals surface area contributed by atoms with Crippen molar-refractivity contribution in [1.82, 2.24) is 0 Å². The van der Waals surface area contributed by atoms with E-state index in [1.54, 1.807) is 12.1 Å². The van der Waals surface area contributed by atoms with Crippen LogP contribution in [0.25, 0.3) is 0 Å². The number of para-hydroxylation sites is 1. The molecule has 1 rings (SSSR count). The predicted octanol–water partition coefficient (Wildman–Crippen LogP) is 3.01. The lowest BCUT2D eigenvalue weighted by atomic mass is 10.1. The van der Waals surface area contributed by atoms with Crippen molar-refractivity contribution in [2.45, 2.75) is 32.7 Å². The molecule has 0 saturated heterocycles. The molecular formula is C13H19NO2. The minimum Gasteiger partial charge on any atom is -0.478 e. The first-order valence-corrected chi connectivity index (χ1v) is 5.63.